The molecule has 0 spiro atoms. The highest BCUT2D eigenvalue weighted by Crippen LogP contribution is 2.55. The van der Waals surface area contributed by atoms with E-state index < -0.39 is 5.54 Å². The van der Waals surface area contributed by atoms with Crippen LogP contribution in [0, 0.1) is 29.5 Å². The van der Waals surface area contributed by atoms with Crippen LogP contribution in [0.4, 0.5) is 4.39 Å². The summed E-state index contributed by atoms with van der Waals surface area (Å²) < 4.78 is 24.6. The molecular weight excluding hydrogens is 471 g/mol. The molecule has 1 unspecified atom stereocenters. The number of esters is 2. The zero-order valence-corrected chi connectivity index (χ0v) is 21.5. The fourth-order valence-electron chi connectivity index (χ4n) is 6.94. The Morgan fingerprint density at radius 1 is 1.27 bits per heavy atom. The molecule has 1 aliphatic heterocycles. The summed E-state index contributed by atoms with van der Waals surface area (Å²) in [5, 5.41) is 3.32. The number of ether oxygens (including phenoxy) is 2. The molecular formula is C30H37FN2O4. The van der Waals surface area contributed by atoms with Crippen LogP contribution in [0.1, 0.15) is 53.1 Å². The van der Waals surface area contributed by atoms with Gasteiger partial charge in [0.25, 0.3) is 0 Å². The fourth-order valence-corrected chi connectivity index (χ4v) is 6.94. The molecule has 6 nitrogen and oxygen atoms in total. The fraction of sp³-hybridized carbons (Fsp3) is 0.500. The lowest BCUT2D eigenvalue weighted by Crippen LogP contribution is -2.63. The zero-order chi connectivity index (χ0) is 26.0. The van der Waals surface area contributed by atoms with E-state index in [1.807, 2.05) is 31.2 Å². The molecule has 1 aromatic heterocycles. The van der Waals surface area contributed by atoms with Gasteiger partial charge in [0.05, 0.1) is 18.8 Å². The zero-order valence-electron chi connectivity index (χ0n) is 21.5. The second kappa shape index (κ2) is 10.7. The SMILES string of the molecule is CCOC(=O)CN[C@@]12CC3CCCC[C@H]3[C@H](/C=C/c3ccc(-c4cccc(F)c4)cn3)[C@@H]1[C@@H](C)OC2=O.[HH]. The number of fused-ring (bicyclic) bond motifs is 2. The van der Waals surface area contributed by atoms with Crippen molar-refractivity contribution < 1.29 is 24.9 Å². The molecule has 7 heteroatoms. The first-order valence-electron chi connectivity index (χ1n) is 13.4. The normalized spacial score (nSPS) is 31.0. The van der Waals surface area contributed by atoms with Gasteiger partial charge >= 0.3 is 11.9 Å². The molecule has 2 heterocycles. The second-order valence-electron chi connectivity index (χ2n) is 10.6. The number of allylic oxidation sites excluding steroid dienone is 1. The number of carbonyl (C=O) groups is 2. The monoisotopic (exact) mass is 508 g/mol. The van der Waals surface area contributed by atoms with Crippen LogP contribution in [0.15, 0.2) is 48.7 Å². The topological polar surface area (TPSA) is 77.5 Å². The number of pyridine rings is 1. The Bertz CT molecular complexity index is 1170. The highest BCUT2D eigenvalue weighted by molar-refractivity contribution is 5.85. The van der Waals surface area contributed by atoms with E-state index in [2.05, 4.69) is 16.4 Å². The van der Waals surface area contributed by atoms with Gasteiger partial charge in [0.15, 0.2) is 0 Å². The average Bonchev–Trinajstić information content (AvgIpc) is 3.15. The van der Waals surface area contributed by atoms with E-state index in [4.69, 9.17) is 9.47 Å². The van der Waals surface area contributed by atoms with E-state index in [0.29, 0.717) is 24.9 Å². The van der Waals surface area contributed by atoms with Gasteiger partial charge in [-0.05, 0) is 74.3 Å². The first-order valence-corrected chi connectivity index (χ1v) is 13.4. The minimum Gasteiger partial charge on any atom is -0.465 e. The predicted molar refractivity (Wildman–Crippen MR) is 141 cm³/mol. The number of hydrogen-bond donors (Lipinski definition) is 1. The third-order valence-electron chi connectivity index (χ3n) is 8.48. The molecule has 3 aliphatic rings. The third kappa shape index (κ3) is 5.06. The van der Waals surface area contributed by atoms with Crippen LogP contribution in [-0.2, 0) is 19.1 Å². The van der Waals surface area contributed by atoms with Crippen molar-refractivity contribution >= 4 is 18.0 Å². The van der Waals surface area contributed by atoms with Crippen LogP contribution in [-0.4, -0.2) is 41.7 Å². The summed E-state index contributed by atoms with van der Waals surface area (Å²) in [5.74, 6) is -0.0240. The Morgan fingerprint density at radius 3 is 2.86 bits per heavy atom. The molecule has 3 fully saturated rings. The van der Waals surface area contributed by atoms with Crippen molar-refractivity contribution in [2.24, 2.45) is 23.7 Å². The number of aromatic nitrogens is 1. The lowest BCUT2D eigenvalue weighted by atomic mass is 9.54. The summed E-state index contributed by atoms with van der Waals surface area (Å²) in [7, 11) is 0. The smallest absolute Gasteiger partial charge is 0.327 e. The Hall–Kier alpha value is -3.06. The largest absolute Gasteiger partial charge is 0.465 e. The van der Waals surface area contributed by atoms with E-state index in [1.54, 1.807) is 19.2 Å². The minimum absolute atomic E-state index is 0. The van der Waals surface area contributed by atoms with Gasteiger partial charge in [-0.2, -0.15) is 0 Å². The minimum atomic E-state index is -0.894. The first-order chi connectivity index (χ1) is 17.9. The van der Waals surface area contributed by atoms with Crippen molar-refractivity contribution in [1.82, 2.24) is 10.3 Å². The maximum Gasteiger partial charge on any atom is 0.327 e. The van der Waals surface area contributed by atoms with Crippen LogP contribution in [0.2, 0.25) is 0 Å². The predicted octanol–water partition coefficient (Wildman–Crippen LogP) is 5.43. The summed E-state index contributed by atoms with van der Waals surface area (Å²) in [6, 6.07) is 10.4. The highest BCUT2D eigenvalue weighted by atomic mass is 19.1. The summed E-state index contributed by atoms with van der Waals surface area (Å²) in [6.07, 6.45) is 11.0. The van der Waals surface area contributed by atoms with Gasteiger partial charge in [0.2, 0.25) is 0 Å². The molecule has 0 radical (unpaired) electrons. The van der Waals surface area contributed by atoms with Gasteiger partial charge in [0, 0.05) is 19.1 Å². The lowest BCUT2D eigenvalue weighted by molar-refractivity contribution is -0.148. The molecule has 37 heavy (non-hydrogen) atoms. The third-order valence-corrected chi connectivity index (χ3v) is 8.48. The number of benzene rings is 1. The molecule has 6 atom stereocenters. The summed E-state index contributed by atoms with van der Waals surface area (Å²) in [6.45, 7) is 4.03. The summed E-state index contributed by atoms with van der Waals surface area (Å²) in [4.78, 5) is 30.1. The van der Waals surface area contributed by atoms with Crippen molar-refractivity contribution in [3.05, 3.63) is 60.2 Å². The lowest BCUT2D eigenvalue weighted by Gasteiger charge is -2.51. The van der Waals surface area contributed by atoms with Crippen molar-refractivity contribution in [3.8, 4) is 11.1 Å². The maximum absolute atomic E-state index is 13.6. The molecule has 0 bridgehead atoms. The van der Waals surface area contributed by atoms with Crippen molar-refractivity contribution in [1.29, 1.82) is 0 Å². The maximum atomic E-state index is 13.6. The summed E-state index contributed by atoms with van der Waals surface area (Å²) >= 11 is 0. The van der Waals surface area contributed by atoms with Crippen molar-refractivity contribution in [2.75, 3.05) is 13.2 Å². The van der Waals surface area contributed by atoms with Gasteiger partial charge in [-0.3, -0.25) is 19.9 Å². The number of halogens is 1. The number of carbonyl (C=O) groups excluding carboxylic acids is 2. The molecule has 1 aromatic carbocycles. The van der Waals surface area contributed by atoms with E-state index in [1.165, 1.54) is 18.6 Å². The molecule has 1 saturated heterocycles. The van der Waals surface area contributed by atoms with Crippen molar-refractivity contribution in [3.63, 3.8) is 0 Å². The van der Waals surface area contributed by atoms with Crippen LogP contribution < -0.4 is 5.32 Å². The highest BCUT2D eigenvalue weighted by Gasteiger charge is 2.63. The van der Waals surface area contributed by atoms with Gasteiger partial charge in [0.1, 0.15) is 17.5 Å². The van der Waals surface area contributed by atoms with Gasteiger partial charge in [-0.25, -0.2) is 4.39 Å². The quantitative estimate of drug-likeness (QED) is 0.503. The number of rotatable bonds is 7. The average molecular weight is 509 g/mol. The van der Waals surface area contributed by atoms with E-state index in [-0.39, 0.29) is 43.7 Å². The van der Waals surface area contributed by atoms with Gasteiger partial charge in [-0.1, -0.05) is 43.5 Å². The van der Waals surface area contributed by atoms with E-state index in [0.717, 1.165) is 36.1 Å². The molecule has 2 saturated carbocycles. The van der Waals surface area contributed by atoms with Gasteiger partial charge in [-0.15, -0.1) is 0 Å². The number of cyclic esters (lactones) is 1. The molecule has 1 N–H and O–H groups in total. The Labute approximate surface area is 219 Å². The number of hydrogen-bond acceptors (Lipinski definition) is 6. The second-order valence-corrected chi connectivity index (χ2v) is 10.6. The standard InChI is InChI=1S/C30H35FN2O4.H2/c1-3-36-27(34)18-33-30-16-21-7-4-5-10-25(21)26(28(30)19(2)37-29(30)35)14-13-24-12-11-22(17-32-24)20-8-6-9-23(31)15-20;/h6,8-9,11-15,17,19,21,25-26,28,33H,3-5,7,10,16,18H2,1-2H3;1H/b14-13+;/t19-,21?,25-,26+,28+,30+;/m1./s1. The van der Waals surface area contributed by atoms with Crippen LogP contribution in [0.25, 0.3) is 17.2 Å². The Morgan fingerprint density at radius 2 is 2.11 bits per heavy atom. The van der Waals surface area contributed by atoms with E-state index in [9.17, 15) is 14.0 Å². The van der Waals surface area contributed by atoms with Gasteiger partial charge < -0.3 is 9.47 Å². The molecule has 0 amide bonds. The molecule has 198 valence electrons. The molecule has 5 rings (SSSR count). The van der Waals surface area contributed by atoms with E-state index >= 15 is 0 Å². The van der Waals surface area contributed by atoms with Crippen molar-refractivity contribution in [2.45, 2.75) is 57.6 Å². The first kappa shape index (κ1) is 25.6. The Kier molecular flexibility index (Phi) is 7.43. The van der Waals surface area contributed by atoms with Crippen LogP contribution >= 0.6 is 0 Å². The molecule has 2 aromatic rings. The number of nitrogens with zero attached hydrogens (tertiary/aromatic N) is 1. The van der Waals surface area contributed by atoms with Crippen LogP contribution in [0.5, 0.6) is 0 Å². The molecule has 2 aliphatic carbocycles. The Balaban J connectivity index is 0.00000336. The summed E-state index contributed by atoms with van der Waals surface area (Å²) in [5.41, 5.74) is 1.55. The number of nitrogens with one attached hydrogen (secondary N) is 1. The van der Waals surface area contributed by atoms with Crippen LogP contribution in [0.3, 0.4) is 0 Å².